The molecular weight excluding hydrogens is 246 g/mol. The molecule has 2 N–H and O–H groups in total. The van der Waals surface area contributed by atoms with E-state index in [-0.39, 0.29) is 6.04 Å². The highest BCUT2D eigenvalue weighted by Gasteiger charge is 2.07. The van der Waals surface area contributed by atoms with Gasteiger partial charge in [-0.15, -0.1) is 0 Å². The highest BCUT2D eigenvalue weighted by molar-refractivity contribution is 5.49. The first-order valence-electron chi connectivity index (χ1n) is 6.95. The minimum absolute atomic E-state index is 0.216. The molecule has 2 nitrogen and oxygen atoms in total. The Kier molecular flexibility index (Phi) is 5.54. The molecule has 2 heteroatoms. The van der Waals surface area contributed by atoms with Crippen molar-refractivity contribution in [2.45, 2.75) is 19.1 Å². The average Bonchev–Trinajstić information content (AvgIpc) is 2.52. The second kappa shape index (κ2) is 7.63. The molecule has 20 heavy (non-hydrogen) atoms. The van der Waals surface area contributed by atoms with E-state index in [4.69, 9.17) is 0 Å². The summed E-state index contributed by atoms with van der Waals surface area (Å²) in [4.78, 5) is 0. The maximum Gasteiger partial charge on any atom is 0.0914 e. The number of aliphatic hydroxyl groups excluding tert-OH is 1. The number of hydrogen-bond acceptors (Lipinski definition) is 2. The third-order valence-corrected chi connectivity index (χ3v) is 3.19. The van der Waals surface area contributed by atoms with Gasteiger partial charge in [-0.25, -0.2) is 0 Å². The largest absolute Gasteiger partial charge is 0.387 e. The van der Waals surface area contributed by atoms with Crippen LogP contribution in [0.5, 0.6) is 0 Å². The van der Waals surface area contributed by atoms with E-state index in [2.05, 4.69) is 36.5 Å². The molecule has 0 aliphatic carbocycles. The maximum absolute atomic E-state index is 10.1. The SMILES string of the molecule is CC(/C=C/c1ccccc1)NCC(O)c1ccccc1. The zero-order valence-electron chi connectivity index (χ0n) is 11.7. The van der Waals surface area contributed by atoms with Crippen molar-refractivity contribution in [1.82, 2.24) is 5.32 Å². The van der Waals surface area contributed by atoms with Crippen LogP contribution in [0, 0.1) is 0 Å². The smallest absolute Gasteiger partial charge is 0.0914 e. The normalized spacial score (nSPS) is 14.3. The van der Waals surface area contributed by atoms with Crippen LogP contribution in [0.25, 0.3) is 6.08 Å². The lowest BCUT2D eigenvalue weighted by Crippen LogP contribution is -2.28. The number of rotatable bonds is 6. The van der Waals surface area contributed by atoms with Crippen LogP contribution in [0.15, 0.2) is 66.7 Å². The summed E-state index contributed by atoms with van der Waals surface area (Å²) in [6, 6.07) is 20.1. The maximum atomic E-state index is 10.1. The van der Waals surface area contributed by atoms with E-state index in [9.17, 15) is 5.11 Å². The Morgan fingerprint density at radius 2 is 1.60 bits per heavy atom. The molecule has 0 heterocycles. The van der Waals surface area contributed by atoms with Crippen LogP contribution >= 0.6 is 0 Å². The Morgan fingerprint density at radius 3 is 2.25 bits per heavy atom. The lowest BCUT2D eigenvalue weighted by atomic mass is 10.1. The monoisotopic (exact) mass is 267 g/mol. The number of benzene rings is 2. The van der Waals surface area contributed by atoms with Gasteiger partial charge in [-0.05, 0) is 18.1 Å². The predicted octanol–water partition coefficient (Wildman–Crippen LogP) is 3.41. The Labute approximate surface area is 120 Å². The number of hydrogen-bond donors (Lipinski definition) is 2. The molecule has 2 aromatic carbocycles. The second-order valence-corrected chi connectivity index (χ2v) is 4.89. The van der Waals surface area contributed by atoms with Crippen LogP contribution in [-0.4, -0.2) is 17.7 Å². The van der Waals surface area contributed by atoms with Gasteiger partial charge < -0.3 is 10.4 Å². The molecule has 0 fully saturated rings. The number of nitrogens with one attached hydrogen (secondary N) is 1. The summed E-state index contributed by atoms with van der Waals surface area (Å²) in [6.07, 6.45) is 3.73. The van der Waals surface area contributed by atoms with Gasteiger partial charge in [0.2, 0.25) is 0 Å². The van der Waals surface area contributed by atoms with E-state index in [1.807, 2.05) is 48.5 Å². The van der Waals surface area contributed by atoms with Crippen molar-refractivity contribution in [3.05, 3.63) is 77.9 Å². The van der Waals surface area contributed by atoms with Gasteiger partial charge in [0.15, 0.2) is 0 Å². The zero-order chi connectivity index (χ0) is 14.2. The van der Waals surface area contributed by atoms with E-state index < -0.39 is 6.10 Å². The van der Waals surface area contributed by atoms with Crippen molar-refractivity contribution in [2.24, 2.45) is 0 Å². The first kappa shape index (κ1) is 14.5. The first-order chi connectivity index (χ1) is 9.75. The second-order valence-electron chi connectivity index (χ2n) is 4.89. The molecule has 104 valence electrons. The fraction of sp³-hybridized carbons (Fsp3) is 0.222. The van der Waals surface area contributed by atoms with Gasteiger partial charge in [-0.2, -0.15) is 0 Å². The summed E-state index contributed by atoms with van der Waals surface area (Å²) in [5.41, 5.74) is 2.13. The Balaban J connectivity index is 1.81. The zero-order valence-corrected chi connectivity index (χ0v) is 11.7. The molecule has 0 saturated heterocycles. The van der Waals surface area contributed by atoms with Crippen molar-refractivity contribution >= 4 is 6.08 Å². The lowest BCUT2D eigenvalue weighted by Gasteiger charge is -2.15. The number of aliphatic hydroxyl groups is 1. The first-order valence-corrected chi connectivity index (χ1v) is 6.95. The van der Waals surface area contributed by atoms with Crippen LogP contribution in [0.1, 0.15) is 24.2 Å². The van der Waals surface area contributed by atoms with Crippen LogP contribution in [-0.2, 0) is 0 Å². The highest BCUT2D eigenvalue weighted by Crippen LogP contribution is 2.11. The van der Waals surface area contributed by atoms with Gasteiger partial charge >= 0.3 is 0 Å². The fourth-order valence-corrected chi connectivity index (χ4v) is 1.98. The summed E-state index contributed by atoms with van der Waals surface area (Å²) in [6.45, 7) is 2.63. The molecule has 0 aromatic heterocycles. The molecular formula is C18H21NO. The summed E-state index contributed by atoms with van der Waals surface area (Å²) >= 11 is 0. The Bertz CT molecular complexity index is 522. The molecule has 0 spiro atoms. The van der Waals surface area contributed by atoms with Gasteiger partial charge in [0, 0.05) is 12.6 Å². The topological polar surface area (TPSA) is 32.3 Å². The standard InChI is InChI=1S/C18H21NO/c1-15(12-13-16-8-4-2-5-9-16)19-14-18(20)17-10-6-3-7-11-17/h2-13,15,18-20H,14H2,1H3/b13-12+. The fourth-order valence-electron chi connectivity index (χ4n) is 1.98. The average molecular weight is 267 g/mol. The van der Waals surface area contributed by atoms with Crippen molar-refractivity contribution in [1.29, 1.82) is 0 Å². The molecule has 2 unspecified atom stereocenters. The third-order valence-electron chi connectivity index (χ3n) is 3.19. The molecule has 0 amide bonds. The molecule has 0 saturated carbocycles. The van der Waals surface area contributed by atoms with E-state index in [1.165, 1.54) is 5.56 Å². The van der Waals surface area contributed by atoms with Crippen LogP contribution in [0.3, 0.4) is 0 Å². The van der Waals surface area contributed by atoms with Crippen LogP contribution in [0.4, 0.5) is 0 Å². The minimum Gasteiger partial charge on any atom is -0.387 e. The van der Waals surface area contributed by atoms with Crippen LogP contribution in [0.2, 0.25) is 0 Å². The summed E-state index contributed by atoms with van der Waals surface area (Å²) in [5, 5.41) is 13.4. The summed E-state index contributed by atoms with van der Waals surface area (Å²) < 4.78 is 0. The van der Waals surface area contributed by atoms with Gasteiger partial charge in [0.1, 0.15) is 0 Å². The van der Waals surface area contributed by atoms with Gasteiger partial charge in [-0.1, -0.05) is 72.8 Å². The van der Waals surface area contributed by atoms with Crippen molar-refractivity contribution < 1.29 is 5.11 Å². The Hall–Kier alpha value is -1.90. The van der Waals surface area contributed by atoms with Gasteiger partial charge in [0.25, 0.3) is 0 Å². The van der Waals surface area contributed by atoms with E-state index >= 15 is 0 Å². The molecule has 2 rings (SSSR count). The van der Waals surface area contributed by atoms with Crippen molar-refractivity contribution in [3.8, 4) is 0 Å². The lowest BCUT2D eigenvalue weighted by molar-refractivity contribution is 0.173. The van der Waals surface area contributed by atoms with Crippen molar-refractivity contribution in [2.75, 3.05) is 6.54 Å². The van der Waals surface area contributed by atoms with Crippen molar-refractivity contribution in [3.63, 3.8) is 0 Å². The highest BCUT2D eigenvalue weighted by atomic mass is 16.3. The predicted molar refractivity (Wildman–Crippen MR) is 84.3 cm³/mol. The molecule has 0 bridgehead atoms. The molecule has 0 aliphatic rings. The van der Waals surface area contributed by atoms with E-state index in [1.54, 1.807) is 0 Å². The summed E-state index contributed by atoms with van der Waals surface area (Å²) in [7, 11) is 0. The molecule has 0 aliphatic heterocycles. The Morgan fingerprint density at radius 1 is 1.00 bits per heavy atom. The van der Waals surface area contributed by atoms with Crippen LogP contribution < -0.4 is 5.32 Å². The van der Waals surface area contributed by atoms with Gasteiger partial charge in [-0.3, -0.25) is 0 Å². The summed E-state index contributed by atoms with van der Waals surface area (Å²) in [5.74, 6) is 0. The van der Waals surface area contributed by atoms with E-state index in [0.29, 0.717) is 6.54 Å². The third kappa shape index (κ3) is 4.65. The molecule has 2 atom stereocenters. The van der Waals surface area contributed by atoms with E-state index in [0.717, 1.165) is 5.56 Å². The molecule has 0 radical (unpaired) electrons. The quantitative estimate of drug-likeness (QED) is 0.840. The minimum atomic E-state index is -0.469. The van der Waals surface area contributed by atoms with Gasteiger partial charge in [0.05, 0.1) is 6.10 Å². The molecule has 2 aromatic rings.